The van der Waals surface area contributed by atoms with Crippen molar-refractivity contribution in [1.82, 2.24) is 10.3 Å². The molecule has 1 heterocycles. The lowest BCUT2D eigenvalue weighted by atomic mass is 9.49. The van der Waals surface area contributed by atoms with Crippen LogP contribution in [0, 0.1) is 37.0 Å². The first-order chi connectivity index (χ1) is 16.3. The summed E-state index contributed by atoms with van der Waals surface area (Å²) in [4.78, 5) is 17.6. The molecule has 1 amide bonds. The number of rotatable bonds is 4. The van der Waals surface area contributed by atoms with Crippen LogP contribution in [0.3, 0.4) is 0 Å². The number of benzene rings is 2. The summed E-state index contributed by atoms with van der Waals surface area (Å²) >= 11 is 5.48. The Morgan fingerprint density at radius 1 is 1.06 bits per heavy atom. The third-order valence-electron chi connectivity index (χ3n) is 8.32. The molecule has 4 bridgehead atoms. The van der Waals surface area contributed by atoms with Crippen LogP contribution in [-0.2, 0) is 4.79 Å². The third kappa shape index (κ3) is 4.13. The first kappa shape index (κ1) is 21.8. The predicted octanol–water partition coefficient (Wildman–Crippen LogP) is 6.53. The lowest BCUT2D eigenvalue weighted by Crippen LogP contribution is -2.48. The van der Waals surface area contributed by atoms with E-state index in [1.54, 1.807) is 0 Å². The number of oxazole rings is 1. The Labute approximate surface area is 205 Å². The Morgan fingerprint density at radius 3 is 2.44 bits per heavy atom. The van der Waals surface area contributed by atoms with Gasteiger partial charge in [-0.15, -0.1) is 0 Å². The summed E-state index contributed by atoms with van der Waals surface area (Å²) in [6.45, 7) is 4.14. The molecule has 0 spiro atoms. The summed E-state index contributed by atoms with van der Waals surface area (Å²) < 4.78 is 6.01. The minimum absolute atomic E-state index is 0.0419. The van der Waals surface area contributed by atoms with Crippen LogP contribution in [0.2, 0.25) is 0 Å². The van der Waals surface area contributed by atoms with Gasteiger partial charge in [-0.25, -0.2) is 4.98 Å². The van der Waals surface area contributed by atoms with Crippen molar-refractivity contribution in [3.8, 4) is 11.5 Å². The van der Waals surface area contributed by atoms with Crippen LogP contribution in [-0.4, -0.2) is 16.0 Å². The summed E-state index contributed by atoms with van der Waals surface area (Å²) in [5, 5.41) is 6.46. The molecular formula is C28H31N3O2S. The van der Waals surface area contributed by atoms with E-state index >= 15 is 0 Å². The maximum atomic E-state index is 12.9. The number of aromatic nitrogens is 1. The number of nitrogens with one attached hydrogen (secondary N) is 2. The Hall–Kier alpha value is -2.73. The van der Waals surface area contributed by atoms with Gasteiger partial charge in [-0.2, -0.15) is 0 Å². The van der Waals surface area contributed by atoms with Gasteiger partial charge in [-0.1, -0.05) is 6.07 Å². The molecule has 3 aromatic rings. The Bertz CT molecular complexity index is 1220. The number of amides is 1. The van der Waals surface area contributed by atoms with E-state index in [1.807, 2.05) is 36.4 Å². The summed E-state index contributed by atoms with van der Waals surface area (Å²) in [6.07, 6.45) is 8.41. The van der Waals surface area contributed by atoms with E-state index in [0.29, 0.717) is 17.4 Å². The molecule has 4 aliphatic carbocycles. The van der Waals surface area contributed by atoms with Gasteiger partial charge in [0.25, 0.3) is 0 Å². The van der Waals surface area contributed by atoms with Gasteiger partial charge in [0.05, 0.1) is 0 Å². The predicted molar refractivity (Wildman–Crippen MR) is 139 cm³/mol. The largest absolute Gasteiger partial charge is 0.436 e. The monoisotopic (exact) mass is 473 g/mol. The lowest BCUT2D eigenvalue weighted by molar-refractivity contribution is -0.127. The number of hydrogen-bond donors (Lipinski definition) is 2. The number of carbonyl (C=O) groups excluding carboxylic acids is 1. The highest BCUT2D eigenvalue weighted by atomic mass is 32.1. The molecule has 0 unspecified atom stereocenters. The van der Waals surface area contributed by atoms with E-state index in [2.05, 4.69) is 29.5 Å². The summed E-state index contributed by atoms with van der Waals surface area (Å²) in [7, 11) is 0. The standard InChI is InChI=1S/C28H31N3O2S/c1-16-6-23-24(7-17(16)2)33-26(30-23)21-4-3-5-22(11-21)29-27(34)31-25(32)15-28-12-18-8-19(13-28)10-20(9-18)14-28/h3-7,11,18-20H,8-10,12-15H2,1-2H3,(H2,29,31,32,34). The second-order valence-corrected chi connectivity index (χ2v) is 11.5. The van der Waals surface area contributed by atoms with Crippen LogP contribution >= 0.6 is 12.2 Å². The molecule has 176 valence electrons. The van der Waals surface area contributed by atoms with E-state index in [-0.39, 0.29) is 11.3 Å². The number of aryl methyl sites for hydroxylation is 2. The summed E-state index contributed by atoms with van der Waals surface area (Å²) in [6, 6.07) is 11.8. The molecule has 6 heteroatoms. The van der Waals surface area contributed by atoms with E-state index in [1.165, 1.54) is 49.7 Å². The fourth-order valence-electron chi connectivity index (χ4n) is 7.21. The van der Waals surface area contributed by atoms with Crippen molar-refractivity contribution >= 4 is 40.0 Å². The van der Waals surface area contributed by atoms with Gasteiger partial charge in [0, 0.05) is 17.7 Å². The average molecular weight is 474 g/mol. The van der Waals surface area contributed by atoms with Crippen LogP contribution < -0.4 is 10.6 Å². The van der Waals surface area contributed by atoms with Crippen LogP contribution in [0.5, 0.6) is 0 Å². The number of fused-ring (bicyclic) bond motifs is 1. The summed E-state index contributed by atoms with van der Waals surface area (Å²) in [5.41, 5.74) is 5.87. The lowest BCUT2D eigenvalue weighted by Gasteiger charge is -2.56. The smallest absolute Gasteiger partial charge is 0.227 e. The molecular weight excluding hydrogens is 442 g/mol. The van der Waals surface area contributed by atoms with Crippen molar-refractivity contribution in [2.75, 3.05) is 5.32 Å². The highest BCUT2D eigenvalue weighted by Crippen LogP contribution is 2.61. The van der Waals surface area contributed by atoms with Crippen molar-refractivity contribution in [1.29, 1.82) is 0 Å². The van der Waals surface area contributed by atoms with Crippen molar-refractivity contribution in [2.24, 2.45) is 23.2 Å². The second kappa shape index (κ2) is 8.19. The van der Waals surface area contributed by atoms with Crippen molar-refractivity contribution in [2.45, 2.75) is 58.8 Å². The van der Waals surface area contributed by atoms with E-state index in [4.69, 9.17) is 16.6 Å². The molecule has 0 saturated heterocycles. The quantitative estimate of drug-likeness (QED) is 0.422. The fraction of sp³-hybridized carbons (Fsp3) is 0.464. The third-order valence-corrected chi connectivity index (χ3v) is 8.53. The van der Waals surface area contributed by atoms with Crippen LogP contribution in [0.1, 0.15) is 56.1 Å². The first-order valence-electron chi connectivity index (χ1n) is 12.4. The number of hydrogen-bond acceptors (Lipinski definition) is 4. The van der Waals surface area contributed by atoms with Gasteiger partial charge in [0.2, 0.25) is 11.8 Å². The molecule has 4 saturated carbocycles. The van der Waals surface area contributed by atoms with Gasteiger partial charge in [0.1, 0.15) is 5.52 Å². The van der Waals surface area contributed by atoms with Crippen molar-refractivity contribution < 1.29 is 9.21 Å². The molecule has 7 rings (SSSR count). The number of nitrogens with zero attached hydrogens (tertiary/aromatic N) is 1. The van der Waals surface area contributed by atoms with Crippen molar-refractivity contribution in [3.05, 3.63) is 47.5 Å². The van der Waals surface area contributed by atoms with Gasteiger partial charge in [-0.05, 0) is 129 Å². The highest BCUT2D eigenvalue weighted by molar-refractivity contribution is 7.80. The van der Waals surface area contributed by atoms with E-state index in [9.17, 15) is 4.79 Å². The molecule has 0 atom stereocenters. The zero-order chi connectivity index (χ0) is 23.4. The van der Waals surface area contributed by atoms with Gasteiger partial charge in [0.15, 0.2) is 10.7 Å². The summed E-state index contributed by atoms with van der Waals surface area (Å²) in [5.74, 6) is 3.13. The zero-order valence-electron chi connectivity index (χ0n) is 19.8. The number of thiocarbonyl (C=S) groups is 1. The highest BCUT2D eigenvalue weighted by Gasteiger charge is 2.51. The van der Waals surface area contributed by atoms with Gasteiger partial charge < -0.3 is 15.1 Å². The number of carbonyl (C=O) groups is 1. The minimum atomic E-state index is 0.0419. The fourth-order valence-corrected chi connectivity index (χ4v) is 7.45. The molecule has 1 aromatic heterocycles. The zero-order valence-corrected chi connectivity index (χ0v) is 20.6. The molecule has 5 nitrogen and oxygen atoms in total. The van der Waals surface area contributed by atoms with E-state index < -0.39 is 0 Å². The topological polar surface area (TPSA) is 67.2 Å². The van der Waals surface area contributed by atoms with Crippen molar-refractivity contribution in [3.63, 3.8) is 0 Å². The molecule has 2 N–H and O–H groups in total. The Morgan fingerprint density at radius 2 is 1.74 bits per heavy atom. The first-order valence-corrected chi connectivity index (χ1v) is 12.8. The second-order valence-electron chi connectivity index (χ2n) is 11.1. The molecule has 4 fully saturated rings. The minimum Gasteiger partial charge on any atom is -0.436 e. The maximum Gasteiger partial charge on any atom is 0.227 e. The van der Waals surface area contributed by atoms with Gasteiger partial charge in [-0.3, -0.25) is 4.79 Å². The Balaban J connectivity index is 1.11. The molecule has 0 aliphatic heterocycles. The normalized spacial score (nSPS) is 27.2. The Kier molecular flexibility index (Phi) is 5.25. The molecule has 34 heavy (non-hydrogen) atoms. The van der Waals surface area contributed by atoms with E-state index in [0.717, 1.165) is 40.1 Å². The number of anilines is 1. The SMILES string of the molecule is Cc1cc2nc(-c3cccc(NC(=S)NC(=O)CC45CC6CC(CC(C6)C4)C5)c3)oc2cc1C. The maximum absolute atomic E-state index is 12.9. The van der Waals surface area contributed by atoms with Crippen LogP contribution in [0.4, 0.5) is 5.69 Å². The molecule has 4 aliphatic rings. The van der Waals surface area contributed by atoms with Crippen LogP contribution in [0.25, 0.3) is 22.6 Å². The van der Waals surface area contributed by atoms with Gasteiger partial charge >= 0.3 is 0 Å². The van der Waals surface area contributed by atoms with Crippen LogP contribution in [0.15, 0.2) is 40.8 Å². The molecule has 2 aromatic carbocycles. The molecule has 0 radical (unpaired) electrons. The average Bonchev–Trinajstić information content (AvgIpc) is 3.15.